The van der Waals surface area contributed by atoms with Crippen LogP contribution in [0.25, 0.3) is 16.5 Å². The number of urea groups is 1. The van der Waals surface area contributed by atoms with Gasteiger partial charge in [-0.3, -0.25) is 10.1 Å². The number of anilines is 4. The minimum Gasteiger partial charge on any atom is -0.488 e. The Morgan fingerprint density at radius 2 is 1.69 bits per heavy atom. The lowest BCUT2D eigenvalue weighted by atomic mass is 9.92. The summed E-state index contributed by atoms with van der Waals surface area (Å²) in [4.78, 5) is 41.1. The third-order valence-electron chi connectivity index (χ3n) is 9.24. The SMILES string of the molecule is COC1CCN(C(=O)c2cnc(Nc3cc(COc4ccc(NC(=O)Nc5cc(C(C)(C)C)nn5-c5ccc(C)cc5)c5ccccc45)ccn3)cn2)C1. The van der Waals surface area contributed by atoms with Crippen molar-refractivity contribution in [1.82, 2.24) is 29.6 Å². The van der Waals surface area contributed by atoms with Gasteiger partial charge in [0.05, 0.1) is 35.6 Å². The van der Waals surface area contributed by atoms with Gasteiger partial charge in [0, 0.05) is 48.6 Å². The molecule has 3 aromatic heterocycles. The highest BCUT2D eigenvalue weighted by Crippen LogP contribution is 2.33. The van der Waals surface area contributed by atoms with E-state index in [0.29, 0.717) is 42.0 Å². The molecule has 1 saturated heterocycles. The minimum absolute atomic E-state index is 0.0500. The van der Waals surface area contributed by atoms with Crippen LogP contribution in [0.4, 0.5) is 27.9 Å². The average Bonchev–Trinajstić information content (AvgIpc) is 3.83. The van der Waals surface area contributed by atoms with Crippen molar-refractivity contribution in [2.24, 2.45) is 0 Å². The summed E-state index contributed by atoms with van der Waals surface area (Å²) in [6.07, 6.45) is 5.53. The molecule has 0 bridgehead atoms. The van der Waals surface area contributed by atoms with Crippen LogP contribution in [-0.2, 0) is 16.8 Å². The number of aryl methyl sites for hydroxylation is 1. The summed E-state index contributed by atoms with van der Waals surface area (Å²) < 4.78 is 13.4. The topological polar surface area (TPSA) is 148 Å². The molecular formula is C41H43N9O4. The van der Waals surface area contributed by atoms with Gasteiger partial charge in [0.15, 0.2) is 0 Å². The van der Waals surface area contributed by atoms with E-state index in [2.05, 4.69) is 51.7 Å². The number of fused-ring (bicyclic) bond motifs is 1. The van der Waals surface area contributed by atoms with Crippen molar-refractivity contribution in [3.63, 3.8) is 0 Å². The number of likely N-dealkylation sites (tertiary alicyclic amines) is 1. The zero-order valence-corrected chi connectivity index (χ0v) is 31.0. The van der Waals surface area contributed by atoms with Crippen LogP contribution in [0.15, 0.2) is 97.5 Å². The number of nitrogens with zero attached hydrogens (tertiary/aromatic N) is 6. The standard InChI is InChI=1S/C41H43N9O4/c1-26-10-12-28(13-11-26)50-38(21-35(48-50)41(2,3)4)47-40(52)45-32-14-15-34(31-9-7-6-8-30(31)32)54-25-27-16-18-42-36(20-27)46-37-23-43-33(22-44-37)39(51)49-19-17-29(24-49)53-5/h6-16,18,20-23,29H,17,19,24-25H2,1-5H3,(H,42,44,46)(H2,45,47,52). The first kappa shape index (κ1) is 36.0. The second-order valence-electron chi connectivity index (χ2n) is 14.3. The summed E-state index contributed by atoms with van der Waals surface area (Å²) in [6.45, 7) is 9.75. The number of rotatable bonds is 10. The van der Waals surface area contributed by atoms with E-state index in [-0.39, 0.29) is 29.7 Å². The Bertz CT molecular complexity index is 2280. The smallest absolute Gasteiger partial charge is 0.324 e. The fourth-order valence-corrected chi connectivity index (χ4v) is 6.19. The Kier molecular flexibility index (Phi) is 10.2. The zero-order valence-electron chi connectivity index (χ0n) is 31.0. The number of amides is 3. The maximum absolute atomic E-state index is 13.5. The molecule has 0 saturated carbocycles. The van der Waals surface area contributed by atoms with Gasteiger partial charge in [0.25, 0.3) is 5.91 Å². The Labute approximate surface area is 313 Å². The molecule has 1 unspecified atom stereocenters. The van der Waals surface area contributed by atoms with Crippen molar-refractivity contribution >= 4 is 45.9 Å². The Hall–Kier alpha value is -6.34. The summed E-state index contributed by atoms with van der Waals surface area (Å²) >= 11 is 0. The van der Waals surface area contributed by atoms with Gasteiger partial charge in [0.2, 0.25) is 0 Å². The molecule has 1 atom stereocenters. The molecule has 3 aromatic carbocycles. The van der Waals surface area contributed by atoms with Crippen molar-refractivity contribution in [2.45, 2.75) is 52.2 Å². The number of carbonyl (C=O) groups excluding carboxylic acids is 2. The molecular weight excluding hydrogens is 683 g/mol. The summed E-state index contributed by atoms with van der Waals surface area (Å²) in [7, 11) is 1.66. The molecule has 6 aromatic rings. The van der Waals surface area contributed by atoms with Gasteiger partial charge in [-0.1, -0.05) is 62.7 Å². The maximum Gasteiger partial charge on any atom is 0.324 e. The van der Waals surface area contributed by atoms with Crippen LogP contribution >= 0.6 is 0 Å². The molecule has 54 heavy (non-hydrogen) atoms. The van der Waals surface area contributed by atoms with E-state index in [4.69, 9.17) is 14.6 Å². The first-order valence-corrected chi connectivity index (χ1v) is 17.8. The fraction of sp³-hybridized carbons (Fsp3) is 0.268. The minimum atomic E-state index is -0.392. The highest BCUT2D eigenvalue weighted by molar-refractivity contribution is 6.07. The molecule has 3 amide bonds. The number of benzene rings is 3. The van der Waals surface area contributed by atoms with Crippen LogP contribution in [0.2, 0.25) is 0 Å². The van der Waals surface area contributed by atoms with Crippen molar-refractivity contribution in [1.29, 1.82) is 0 Å². The van der Waals surface area contributed by atoms with Crippen LogP contribution in [0.3, 0.4) is 0 Å². The molecule has 0 aliphatic carbocycles. The summed E-state index contributed by atoms with van der Waals surface area (Å²) in [5, 5.41) is 15.7. The van der Waals surface area contributed by atoms with Gasteiger partial charge in [-0.25, -0.2) is 24.4 Å². The van der Waals surface area contributed by atoms with Gasteiger partial charge in [-0.05, 0) is 55.3 Å². The molecule has 3 N–H and O–H groups in total. The monoisotopic (exact) mass is 725 g/mol. The number of aromatic nitrogens is 5. The summed E-state index contributed by atoms with van der Waals surface area (Å²) in [6, 6.07) is 24.7. The molecule has 13 heteroatoms. The van der Waals surface area contributed by atoms with E-state index in [1.54, 1.807) is 22.9 Å². The van der Waals surface area contributed by atoms with Crippen molar-refractivity contribution in [3.05, 3.63) is 120 Å². The van der Waals surface area contributed by atoms with Gasteiger partial charge in [-0.15, -0.1) is 0 Å². The van der Waals surface area contributed by atoms with Gasteiger partial charge >= 0.3 is 6.03 Å². The molecule has 276 valence electrons. The number of methoxy groups -OCH3 is 1. The summed E-state index contributed by atoms with van der Waals surface area (Å²) in [5.41, 5.74) is 4.43. The van der Waals surface area contributed by atoms with E-state index in [1.165, 1.54) is 12.4 Å². The normalized spacial score (nSPS) is 14.2. The third kappa shape index (κ3) is 8.16. The Morgan fingerprint density at radius 1 is 0.889 bits per heavy atom. The van der Waals surface area contributed by atoms with E-state index >= 15 is 0 Å². The average molecular weight is 726 g/mol. The molecule has 0 radical (unpaired) electrons. The largest absolute Gasteiger partial charge is 0.488 e. The quantitative estimate of drug-likeness (QED) is 0.130. The molecule has 1 fully saturated rings. The predicted octanol–water partition coefficient (Wildman–Crippen LogP) is 7.64. The molecule has 7 rings (SSSR count). The number of hydrogen-bond donors (Lipinski definition) is 3. The number of nitrogens with one attached hydrogen (secondary N) is 3. The fourth-order valence-electron chi connectivity index (χ4n) is 6.19. The van der Waals surface area contributed by atoms with E-state index in [1.807, 2.05) is 85.8 Å². The third-order valence-corrected chi connectivity index (χ3v) is 9.24. The van der Waals surface area contributed by atoms with Crippen molar-refractivity contribution in [2.75, 3.05) is 36.1 Å². The predicted molar refractivity (Wildman–Crippen MR) is 209 cm³/mol. The highest BCUT2D eigenvalue weighted by Gasteiger charge is 2.28. The first-order valence-electron chi connectivity index (χ1n) is 17.8. The zero-order chi connectivity index (χ0) is 37.8. The van der Waals surface area contributed by atoms with Crippen LogP contribution in [0.5, 0.6) is 5.75 Å². The lowest BCUT2D eigenvalue weighted by Gasteiger charge is -2.15. The van der Waals surface area contributed by atoms with E-state index in [9.17, 15) is 9.59 Å². The van der Waals surface area contributed by atoms with E-state index < -0.39 is 6.03 Å². The highest BCUT2D eigenvalue weighted by atomic mass is 16.5. The van der Waals surface area contributed by atoms with Gasteiger partial charge in [-0.2, -0.15) is 5.10 Å². The van der Waals surface area contributed by atoms with Crippen molar-refractivity contribution < 1.29 is 19.1 Å². The second-order valence-corrected chi connectivity index (χ2v) is 14.3. The van der Waals surface area contributed by atoms with Gasteiger partial charge in [0.1, 0.15) is 35.5 Å². The number of ether oxygens (including phenoxy) is 2. The molecule has 1 aliphatic rings. The molecule has 1 aliphatic heterocycles. The molecule has 4 heterocycles. The van der Waals surface area contributed by atoms with Crippen LogP contribution < -0.4 is 20.7 Å². The van der Waals surface area contributed by atoms with Crippen LogP contribution in [-0.4, -0.2) is 67.9 Å². The maximum atomic E-state index is 13.5. The second kappa shape index (κ2) is 15.3. The lowest BCUT2D eigenvalue weighted by molar-refractivity contribution is 0.0718. The van der Waals surface area contributed by atoms with Gasteiger partial charge < -0.3 is 25.0 Å². The summed E-state index contributed by atoms with van der Waals surface area (Å²) in [5.74, 6) is 2.08. The first-order chi connectivity index (χ1) is 26.0. The van der Waals surface area contributed by atoms with E-state index in [0.717, 1.165) is 39.7 Å². The van der Waals surface area contributed by atoms with Crippen LogP contribution in [0.1, 0.15) is 54.5 Å². The number of hydrogen-bond acceptors (Lipinski definition) is 9. The van der Waals surface area contributed by atoms with Crippen molar-refractivity contribution in [3.8, 4) is 11.4 Å². The molecule has 0 spiro atoms. The Balaban J connectivity index is 1.01. The molecule has 13 nitrogen and oxygen atoms in total. The van der Waals surface area contributed by atoms with Crippen LogP contribution in [0, 0.1) is 6.92 Å². The Morgan fingerprint density at radius 3 is 2.41 bits per heavy atom. The number of pyridine rings is 1. The lowest BCUT2D eigenvalue weighted by Crippen LogP contribution is -2.30. The number of carbonyl (C=O) groups is 2.